The van der Waals surface area contributed by atoms with Gasteiger partial charge < -0.3 is 19.2 Å². The van der Waals surface area contributed by atoms with Crippen molar-refractivity contribution in [3.05, 3.63) is 0 Å². The molecular weight excluding hydrogens is 238 g/mol. The van der Waals surface area contributed by atoms with E-state index in [-0.39, 0.29) is 29.2 Å². The Morgan fingerprint density at radius 2 is 1.21 bits per heavy atom. The Morgan fingerprint density at radius 1 is 1.00 bits per heavy atom. The molecule has 0 saturated carbocycles. The van der Waals surface area contributed by atoms with Crippen molar-refractivity contribution in [1.82, 2.24) is 0 Å². The van der Waals surface area contributed by atoms with Gasteiger partial charge in [-0.2, -0.15) is 0 Å². The third-order valence-electron chi connectivity index (χ3n) is 1.38. The van der Waals surface area contributed by atoms with E-state index in [0.29, 0.717) is 12.3 Å². The number of rotatable bonds is 3. The molecule has 0 aliphatic carbocycles. The van der Waals surface area contributed by atoms with E-state index >= 15 is 0 Å². The largest absolute Gasteiger partial charge is 2.00 e. The van der Waals surface area contributed by atoms with E-state index in [1.54, 1.807) is 13.8 Å². The molecule has 0 atom stereocenters. The molecule has 0 radical (unpaired) electrons. The molecule has 0 heterocycles. The summed E-state index contributed by atoms with van der Waals surface area (Å²) in [6.45, 7) is 4.77. The molecule has 0 aromatic rings. The second-order valence-electron chi connectivity index (χ2n) is 2.41. The summed E-state index contributed by atoms with van der Waals surface area (Å²) in [6, 6.07) is 0. The Kier molecular flexibility index (Phi) is 13.7. The standard InChI is InChI=1S/C4H11O2P.C2H7O3P.Mg/c1-3-7(5,6)4-2;1-2-6(3,4)5;/h3-4H2,1-2H3,(H,5,6);2H2,1H3,(H2,3,4,5);/q;;+2/p-2. The van der Waals surface area contributed by atoms with Crippen LogP contribution in [-0.4, -0.2) is 46.4 Å². The molecular formula is C6H16MgO5P2. The van der Waals surface area contributed by atoms with E-state index in [0.717, 1.165) is 0 Å². The van der Waals surface area contributed by atoms with Gasteiger partial charge in [0, 0.05) is 12.3 Å². The average molecular weight is 254 g/mol. The van der Waals surface area contributed by atoms with E-state index < -0.39 is 15.0 Å². The van der Waals surface area contributed by atoms with E-state index in [4.69, 9.17) is 4.89 Å². The second-order valence-corrected chi connectivity index (χ2v) is 7.22. The van der Waals surface area contributed by atoms with Gasteiger partial charge in [-0.3, -0.25) is 4.57 Å². The monoisotopic (exact) mass is 254 g/mol. The zero-order valence-corrected chi connectivity index (χ0v) is 12.0. The van der Waals surface area contributed by atoms with Gasteiger partial charge in [0.05, 0.1) is 0 Å². The second kappa shape index (κ2) is 9.34. The molecule has 5 nitrogen and oxygen atoms in total. The van der Waals surface area contributed by atoms with Crippen LogP contribution < -0.4 is 9.79 Å². The Hall–Kier alpha value is 1.11. The van der Waals surface area contributed by atoms with E-state index in [2.05, 4.69) is 0 Å². The molecule has 8 heteroatoms. The molecule has 0 aromatic heterocycles. The van der Waals surface area contributed by atoms with Crippen LogP contribution >= 0.6 is 15.0 Å². The van der Waals surface area contributed by atoms with Crippen LogP contribution in [0.2, 0.25) is 0 Å². The summed E-state index contributed by atoms with van der Waals surface area (Å²) in [4.78, 5) is 27.6. The van der Waals surface area contributed by atoms with Crippen molar-refractivity contribution in [2.45, 2.75) is 20.8 Å². The third-order valence-corrected chi connectivity index (χ3v) is 4.13. The first-order valence-corrected chi connectivity index (χ1v) is 7.76. The molecule has 0 unspecified atom stereocenters. The summed E-state index contributed by atoms with van der Waals surface area (Å²) < 4.78 is 20.0. The average Bonchev–Trinajstić information content (AvgIpc) is 2.04. The molecule has 0 fully saturated rings. The molecule has 0 bridgehead atoms. The van der Waals surface area contributed by atoms with Gasteiger partial charge in [-0.1, -0.05) is 28.4 Å². The Balaban J connectivity index is -0.000000163. The van der Waals surface area contributed by atoms with Crippen LogP contribution in [0.4, 0.5) is 0 Å². The van der Waals surface area contributed by atoms with Gasteiger partial charge in [0.1, 0.15) is 0 Å². The summed E-state index contributed by atoms with van der Waals surface area (Å²) >= 11 is 0. The smallest absolute Gasteiger partial charge is 0.811 e. The fourth-order valence-electron chi connectivity index (χ4n) is 0.224. The van der Waals surface area contributed by atoms with Crippen LogP contribution in [0.15, 0.2) is 0 Å². The van der Waals surface area contributed by atoms with Gasteiger partial charge in [-0.05, 0) is 6.16 Å². The fourth-order valence-corrected chi connectivity index (χ4v) is 0.671. The van der Waals surface area contributed by atoms with Crippen LogP contribution in [0.1, 0.15) is 20.8 Å². The maximum atomic E-state index is 10.5. The molecule has 0 rings (SSSR count). The van der Waals surface area contributed by atoms with Gasteiger partial charge in [0.2, 0.25) is 0 Å². The van der Waals surface area contributed by atoms with E-state index in [9.17, 15) is 18.9 Å². The predicted molar refractivity (Wildman–Crippen MR) is 54.8 cm³/mol. The summed E-state index contributed by atoms with van der Waals surface area (Å²) in [5.74, 6) is 0. The maximum absolute atomic E-state index is 10.5. The minimum Gasteiger partial charge on any atom is -0.811 e. The molecule has 0 aromatic carbocycles. The van der Waals surface area contributed by atoms with Crippen molar-refractivity contribution in [3.63, 3.8) is 0 Å². The van der Waals surface area contributed by atoms with E-state index in [1.807, 2.05) is 0 Å². The molecule has 82 valence electrons. The maximum Gasteiger partial charge on any atom is 2.00 e. The minimum atomic E-state index is -4.15. The van der Waals surface area contributed by atoms with Crippen LogP contribution in [0, 0.1) is 0 Å². The Labute approximate surface area is 101 Å². The number of hydrogen-bond donors (Lipinski definition) is 1. The molecule has 1 N–H and O–H groups in total. The van der Waals surface area contributed by atoms with Crippen molar-refractivity contribution < 1.29 is 23.8 Å². The van der Waals surface area contributed by atoms with Gasteiger partial charge in [-0.25, -0.2) is 0 Å². The van der Waals surface area contributed by atoms with E-state index in [1.165, 1.54) is 6.92 Å². The summed E-state index contributed by atoms with van der Waals surface area (Å²) in [6.07, 6.45) is 0.528. The first-order chi connectivity index (χ1) is 5.68. The molecule has 0 amide bonds. The van der Waals surface area contributed by atoms with Gasteiger partial charge >= 0.3 is 23.1 Å². The Bertz CT molecular complexity index is 206. The summed E-state index contributed by atoms with van der Waals surface area (Å²) in [5, 5.41) is 0. The normalized spacial score (nSPS) is 11.0. The first kappa shape index (κ1) is 20.5. The van der Waals surface area contributed by atoms with Crippen LogP contribution in [0.3, 0.4) is 0 Å². The Morgan fingerprint density at radius 3 is 1.21 bits per heavy atom. The van der Waals surface area contributed by atoms with Crippen LogP contribution in [0.5, 0.6) is 0 Å². The molecule has 0 aliphatic rings. The summed E-state index contributed by atoms with van der Waals surface area (Å²) in [7, 11) is -6.80. The van der Waals surface area contributed by atoms with Crippen LogP contribution in [0.25, 0.3) is 0 Å². The van der Waals surface area contributed by atoms with Crippen molar-refractivity contribution in [2.75, 3.05) is 18.5 Å². The van der Waals surface area contributed by atoms with Gasteiger partial charge in [0.25, 0.3) is 0 Å². The van der Waals surface area contributed by atoms with Gasteiger partial charge in [-0.15, -0.1) is 0 Å². The van der Waals surface area contributed by atoms with Crippen LogP contribution in [-0.2, 0) is 9.13 Å². The van der Waals surface area contributed by atoms with Gasteiger partial charge in [0.15, 0.2) is 7.37 Å². The summed E-state index contributed by atoms with van der Waals surface area (Å²) in [5.41, 5.74) is 0. The third kappa shape index (κ3) is 18.8. The first-order valence-electron chi connectivity index (χ1n) is 4.00. The van der Waals surface area contributed by atoms with Crippen molar-refractivity contribution >= 4 is 38.0 Å². The fraction of sp³-hybridized carbons (Fsp3) is 1.00. The molecule has 0 aliphatic heterocycles. The zero-order valence-electron chi connectivity index (χ0n) is 8.80. The molecule has 14 heavy (non-hydrogen) atoms. The molecule has 0 saturated heterocycles. The van der Waals surface area contributed by atoms with Crippen molar-refractivity contribution in [1.29, 1.82) is 0 Å². The zero-order chi connectivity index (χ0) is 11.1. The topological polar surface area (TPSA) is 100 Å². The SMILES string of the molecule is CCP(=O)(O)CC.CCP(=O)([O-])[O-].[Mg+2]. The predicted octanol–water partition coefficient (Wildman–Crippen LogP) is -0.164. The minimum absolute atomic E-state index is 0. The van der Waals surface area contributed by atoms with Crippen molar-refractivity contribution in [3.8, 4) is 0 Å². The van der Waals surface area contributed by atoms with Crippen molar-refractivity contribution in [2.24, 2.45) is 0 Å². The number of hydrogen-bond acceptors (Lipinski definition) is 4. The quantitative estimate of drug-likeness (QED) is 0.557. The molecule has 0 spiro atoms.